The van der Waals surface area contributed by atoms with E-state index in [9.17, 15) is 13.9 Å². The average Bonchev–Trinajstić information content (AvgIpc) is 2.67. The summed E-state index contributed by atoms with van der Waals surface area (Å²) >= 11 is 0. The molecule has 2 N–H and O–H groups in total. The van der Waals surface area contributed by atoms with Crippen molar-refractivity contribution in [2.24, 2.45) is 0 Å². The molecule has 7 heteroatoms. The topological polar surface area (TPSA) is 50.7 Å². The third kappa shape index (κ3) is 3.41. The molecule has 1 aromatic rings. The van der Waals surface area contributed by atoms with Gasteiger partial charge in [-0.05, 0) is 52.3 Å². The standard InChI is InChI=1S/C16H22BF2NO3/c1-15(2)16(3,4)23-17(22-15)11(9-20-5)8-10-6-7-12(21)14(19)13(10)18/h6-8,20-21H,9H2,1-5H3. The van der Waals surface area contributed by atoms with Gasteiger partial charge in [0.1, 0.15) is 0 Å². The third-order valence-corrected chi connectivity index (χ3v) is 4.37. The molecule has 0 radical (unpaired) electrons. The van der Waals surface area contributed by atoms with Crippen molar-refractivity contribution in [3.63, 3.8) is 0 Å². The number of halogens is 2. The van der Waals surface area contributed by atoms with Crippen LogP contribution in [-0.4, -0.2) is 37.0 Å². The molecule has 1 heterocycles. The maximum absolute atomic E-state index is 14.0. The monoisotopic (exact) mass is 325 g/mol. The van der Waals surface area contributed by atoms with Gasteiger partial charge in [-0.25, -0.2) is 4.39 Å². The zero-order valence-electron chi connectivity index (χ0n) is 14.0. The Morgan fingerprint density at radius 3 is 2.26 bits per heavy atom. The smallest absolute Gasteiger partial charge is 0.491 e. The van der Waals surface area contributed by atoms with Crippen molar-refractivity contribution < 1.29 is 23.2 Å². The summed E-state index contributed by atoms with van der Waals surface area (Å²) < 4.78 is 39.4. The Morgan fingerprint density at radius 2 is 1.74 bits per heavy atom. The first kappa shape index (κ1) is 17.9. The Labute approximate surface area is 135 Å². The Hall–Kier alpha value is -1.44. The zero-order valence-corrected chi connectivity index (χ0v) is 14.0. The number of benzene rings is 1. The van der Waals surface area contributed by atoms with E-state index in [-0.39, 0.29) is 5.56 Å². The van der Waals surface area contributed by atoms with E-state index in [1.165, 1.54) is 12.1 Å². The highest BCUT2D eigenvalue weighted by Crippen LogP contribution is 2.39. The molecule has 1 aliphatic heterocycles. The van der Waals surface area contributed by atoms with Crippen LogP contribution >= 0.6 is 0 Å². The minimum atomic E-state index is -1.27. The third-order valence-electron chi connectivity index (χ3n) is 4.37. The second kappa shape index (κ2) is 6.22. The number of hydrogen-bond acceptors (Lipinski definition) is 4. The summed E-state index contributed by atoms with van der Waals surface area (Å²) in [5, 5.41) is 12.2. The van der Waals surface area contributed by atoms with Crippen molar-refractivity contribution >= 4 is 13.2 Å². The lowest BCUT2D eigenvalue weighted by atomic mass is 9.77. The minimum Gasteiger partial charge on any atom is -0.505 e. The van der Waals surface area contributed by atoms with E-state index >= 15 is 0 Å². The van der Waals surface area contributed by atoms with Crippen LogP contribution < -0.4 is 5.32 Å². The van der Waals surface area contributed by atoms with Crippen molar-refractivity contribution in [1.29, 1.82) is 0 Å². The summed E-state index contributed by atoms with van der Waals surface area (Å²) in [4.78, 5) is 0. The van der Waals surface area contributed by atoms with Gasteiger partial charge in [0.05, 0.1) is 11.2 Å². The van der Waals surface area contributed by atoms with Gasteiger partial charge in [-0.1, -0.05) is 6.08 Å². The molecule has 0 aliphatic carbocycles. The van der Waals surface area contributed by atoms with Crippen molar-refractivity contribution in [2.75, 3.05) is 13.6 Å². The molecule has 0 spiro atoms. The lowest BCUT2D eigenvalue weighted by Crippen LogP contribution is -2.41. The molecule has 1 saturated heterocycles. The zero-order chi connectivity index (χ0) is 17.4. The highest BCUT2D eigenvalue weighted by Gasteiger charge is 2.52. The molecule has 126 valence electrons. The SMILES string of the molecule is CNCC(=Cc1ccc(O)c(F)c1F)B1OC(C)(C)C(C)(C)O1. The molecule has 0 unspecified atom stereocenters. The van der Waals surface area contributed by atoms with Gasteiger partial charge in [-0.15, -0.1) is 0 Å². The summed E-state index contributed by atoms with van der Waals surface area (Å²) in [5.74, 6) is -3.09. The van der Waals surface area contributed by atoms with Crippen LogP contribution in [0.25, 0.3) is 6.08 Å². The van der Waals surface area contributed by atoms with Gasteiger partial charge in [0, 0.05) is 12.1 Å². The van der Waals surface area contributed by atoms with E-state index in [0.29, 0.717) is 12.0 Å². The fourth-order valence-corrected chi connectivity index (χ4v) is 2.27. The first-order valence-corrected chi connectivity index (χ1v) is 7.47. The van der Waals surface area contributed by atoms with Gasteiger partial charge in [-0.3, -0.25) is 0 Å². The molecule has 0 aromatic heterocycles. The van der Waals surface area contributed by atoms with Crippen molar-refractivity contribution in [3.05, 3.63) is 34.8 Å². The second-order valence-corrected chi connectivity index (χ2v) is 6.64. The molecule has 23 heavy (non-hydrogen) atoms. The van der Waals surface area contributed by atoms with Crippen molar-refractivity contribution in [2.45, 2.75) is 38.9 Å². The van der Waals surface area contributed by atoms with Gasteiger partial charge < -0.3 is 19.7 Å². The second-order valence-electron chi connectivity index (χ2n) is 6.64. The lowest BCUT2D eigenvalue weighted by molar-refractivity contribution is 0.00578. The predicted molar refractivity (Wildman–Crippen MR) is 86.0 cm³/mol. The quantitative estimate of drug-likeness (QED) is 0.836. The number of nitrogens with one attached hydrogen (secondary N) is 1. The molecule has 0 bridgehead atoms. The van der Waals surface area contributed by atoms with E-state index in [4.69, 9.17) is 9.31 Å². The molecule has 0 atom stereocenters. The van der Waals surface area contributed by atoms with E-state index in [2.05, 4.69) is 5.32 Å². The maximum Gasteiger partial charge on any atom is 0.491 e. The van der Waals surface area contributed by atoms with Crippen LogP contribution in [0.3, 0.4) is 0 Å². The Kier molecular flexibility index (Phi) is 4.85. The van der Waals surface area contributed by atoms with Crippen LogP contribution in [-0.2, 0) is 9.31 Å². The number of rotatable bonds is 4. The Bertz CT molecular complexity index is 616. The highest BCUT2D eigenvalue weighted by molar-refractivity contribution is 6.55. The van der Waals surface area contributed by atoms with Crippen LogP contribution in [0.15, 0.2) is 17.6 Å². The molecule has 0 amide bonds. The van der Waals surface area contributed by atoms with Gasteiger partial charge >= 0.3 is 7.12 Å². The number of likely N-dealkylation sites (N-methyl/N-ethyl adjacent to an activating group) is 1. The van der Waals surface area contributed by atoms with E-state index in [0.717, 1.165) is 6.07 Å². The fraction of sp³-hybridized carbons (Fsp3) is 0.500. The molecule has 1 aromatic carbocycles. The van der Waals surface area contributed by atoms with Crippen LogP contribution in [0.4, 0.5) is 8.78 Å². The van der Waals surface area contributed by atoms with Crippen LogP contribution in [0.2, 0.25) is 0 Å². The number of phenols is 1. The summed E-state index contributed by atoms with van der Waals surface area (Å²) in [5.41, 5.74) is -0.387. The molecule has 1 fully saturated rings. The molecular weight excluding hydrogens is 303 g/mol. The van der Waals surface area contributed by atoms with Crippen LogP contribution in [0.5, 0.6) is 5.75 Å². The lowest BCUT2D eigenvalue weighted by Gasteiger charge is -2.32. The summed E-state index contributed by atoms with van der Waals surface area (Å²) in [6, 6.07) is 2.43. The largest absolute Gasteiger partial charge is 0.505 e. The molecule has 2 rings (SSSR count). The van der Waals surface area contributed by atoms with Crippen molar-refractivity contribution in [1.82, 2.24) is 5.32 Å². The summed E-state index contributed by atoms with van der Waals surface area (Å²) in [6.07, 6.45) is 1.48. The van der Waals surface area contributed by atoms with Gasteiger partial charge in [0.2, 0.25) is 5.82 Å². The number of hydrogen-bond donors (Lipinski definition) is 2. The minimum absolute atomic E-state index is 0.0280. The maximum atomic E-state index is 14.0. The average molecular weight is 325 g/mol. The van der Waals surface area contributed by atoms with E-state index in [1.54, 1.807) is 7.05 Å². The first-order chi connectivity index (χ1) is 10.6. The molecule has 4 nitrogen and oxygen atoms in total. The summed E-state index contributed by atoms with van der Waals surface area (Å²) in [7, 11) is 1.08. The predicted octanol–water partition coefficient (Wildman–Crippen LogP) is 2.90. The normalized spacial score (nSPS) is 20.1. The first-order valence-electron chi connectivity index (χ1n) is 7.47. The molecule has 0 saturated carbocycles. The Balaban J connectivity index is 2.38. The molecule has 1 aliphatic rings. The van der Waals surface area contributed by atoms with E-state index in [1.807, 2.05) is 27.7 Å². The summed E-state index contributed by atoms with van der Waals surface area (Å²) in [6.45, 7) is 8.07. The molecular formula is C16H22BF2NO3. The van der Waals surface area contributed by atoms with Gasteiger partial charge in [0.15, 0.2) is 11.6 Å². The highest BCUT2D eigenvalue weighted by atomic mass is 19.2. The van der Waals surface area contributed by atoms with Crippen LogP contribution in [0.1, 0.15) is 33.3 Å². The Morgan fingerprint density at radius 1 is 1.17 bits per heavy atom. The van der Waals surface area contributed by atoms with Crippen LogP contribution in [0, 0.1) is 11.6 Å². The van der Waals surface area contributed by atoms with Gasteiger partial charge in [0.25, 0.3) is 0 Å². The fourth-order valence-electron chi connectivity index (χ4n) is 2.27. The van der Waals surface area contributed by atoms with Crippen molar-refractivity contribution in [3.8, 4) is 5.75 Å². The van der Waals surface area contributed by atoms with Gasteiger partial charge in [-0.2, -0.15) is 4.39 Å². The van der Waals surface area contributed by atoms with E-state index < -0.39 is 35.7 Å². The number of phenolic OH excluding ortho intramolecular Hbond substituents is 1. The number of aromatic hydroxyl groups is 1.